The maximum atomic E-state index is 11.0. The van der Waals surface area contributed by atoms with Crippen LogP contribution in [0.4, 0.5) is 5.69 Å². The van der Waals surface area contributed by atoms with E-state index in [0.717, 1.165) is 25.1 Å². The summed E-state index contributed by atoms with van der Waals surface area (Å²) in [4.78, 5) is 17.0. The molecule has 1 rings (SSSR count). The molecule has 0 unspecified atom stereocenters. The Balaban J connectivity index is 3.01. The summed E-state index contributed by atoms with van der Waals surface area (Å²) < 4.78 is 5.14. The number of hydrogen-bond acceptors (Lipinski definition) is 4. The van der Waals surface area contributed by atoms with E-state index in [1.165, 1.54) is 0 Å². The zero-order valence-electron chi connectivity index (χ0n) is 11.8. The average Bonchev–Trinajstić information content (AvgIpc) is 2.43. The van der Waals surface area contributed by atoms with E-state index < -0.39 is 5.97 Å². The molecule has 1 N–H and O–H groups in total. The Bertz CT molecular complexity index is 405. The van der Waals surface area contributed by atoms with Gasteiger partial charge in [0.1, 0.15) is 5.69 Å². The van der Waals surface area contributed by atoms with E-state index in [0.29, 0.717) is 12.6 Å². The molecule has 5 nitrogen and oxygen atoms in total. The lowest BCUT2D eigenvalue weighted by molar-refractivity contribution is 0.0690. The second kappa shape index (κ2) is 7.74. The van der Waals surface area contributed by atoms with Gasteiger partial charge in [-0.25, -0.2) is 9.78 Å². The molecule has 0 fully saturated rings. The van der Waals surface area contributed by atoms with Gasteiger partial charge in [-0.05, 0) is 25.0 Å². The van der Waals surface area contributed by atoms with E-state index in [1.54, 1.807) is 19.4 Å². The zero-order valence-corrected chi connectivity index (χ0v) is 11.8. The zero-order chi connectivity index (χ0) is 14.3. The number of pyridine rings is 1. The van der Waals surface area contributed by atoms with Gasteiger partial charge in [-0.15, -0.1) is 0 Å². The first-order valence-electron chi connectivity index (χ1n) is 6.58. The maximum Gasteiger partial charge on any atom is 0.354 e. The maximum absolute atomic E-state index is 11.0. The lowest BCUT2D eigenvalue weighted by atomic mass is 10.1. The van der Waals surface area contributed by atoms with Crippen molar-refractivity contribution in [3.63, 3.8) is 0 Å². The molecule has 0 saturated heterocycles. The predicted octanol–water partition coefficient (Wildman–Crippen LogP) is 2.42. The van der Waals surface area contributed by atoms with Crippen molar-refractivity contribution in [3.8, 4) is 0 Å². The highest BCUT2D eigenvalue weighted by Crippen LogP contribution is 2.20. The molecule has 0 aliphatic heterocycles. The number of aromatic carboxylic acids is 1. The first kappa shape index (κ1) is 15.4. The van der Waals surface area contributed by atoms with Crippen molar-refractivity contribution in [1.29, 1.82) is 0 Å². The van der Waals surface area contributed by atoms with Crippen LogP contribution in [0.15, 0.2) is 18.3 Å². The minimum atomic E-state index is -1.00. The summed E-state index contributed by atoms with van der Waals surface area (Å²) in [6.07, 6.45) is 3.55. The predicted molar refractivity (Wildman–Crippen MR) is 74.8 cm³/mol. The largest absolute Gasteiger partial charge is 0.477 e. The molecular weight excluding hydrogens is 244 g/mol. The number of methoxy groups -OCH3 is 1. The van der Waals surface area contributed by atoms with E-state index in [-0.39, 0.29) is 5.69 Å². The fraction of sp³-hybridized carbons (Fsp3) is 0.571. The number of nitrogens with zero attached hydrogens (tertiary/aromatic N) is 2. The summed E-state index contributed by atoms with van der Waals surface area (Å²) in [7, 11) is 1.67. The fourth-order valence-corrected chi connectivity index (χ4v) is 2.16. The van der Waals surface area contributed by atoms with Crippen molar-refractivity contribution in [3.05, 3.63) is 24.0 Å². The van der Waals surface area contributed by atoms with Gasteiger partial charge in [0.25, 0.3) is 0 Å². The average molecular weight is 266 g/mol. The van der Waals surface area contributed by atoms with Crippen LogP contribution in [0.3, 0.4) is 0 Å². The van der Waals surface area contributed by atoms with Crippen LogP contribution in [-0.4, -0.2) is 42.4 Å². The van der Waals surface area contributed by atoms with Gasteiger partial charge in [0.2, 0.25) is 0 Å². The molecule has 0 saturated carbocycles. The Morgan fingerprint density at radius 1 is 1.47 bits per heavy atom. The third kappa shape index (κ3) is 4.21. The Labute approximate surface area is 114 Å². The number of carboxylic acids is 1. The summed E-state index contributed by atoms with van der Waals surface area (Å²) >= 11 is 0. The van der Waals surface area contributed by atoms with Crippen LogP contribution in [0, 0.1) is 0 Å². The molecule has 5 heteroatoms. The minimum absolute atomic E-state index is 0.0749. The summed E-state index contributed by atoms with van der Waals surface area (Å²) in [5.41, 5.74) is 0.962. The van der Waals surface area contributed by atoms with Gasteiger partial charge in [0, 0.05) is 31.6 Å². The van der Waals surface area contributed by atoms with Gasteiger partial charge in [0.15, 0.2) is 0 Å². The SMILES string of the molecule is CCC(CC)N(CCOC)c1ccnc(C(=O)O)c1. The number of ether oxygens (including phenoxy) is 1. The van der Waals surface area contributed by atoms with Crippen LogP contribution >= 0.6 is 0 Å². The Kier molecular flexibility index (Phi) is 6.29. The molecule has 0 atom stereocenters. The van der Waals surface area contributed by atoms with Crippen LogP contribution in [-0.2, 0) is 4.74 Å². The lowest BCUT2D eigenvalue weighted by Crippen LogP contribution is -2.37. The smallest absolute Gasteiger partial charge is 0.354 e. The van der Waals surface area contributed by atoms with Crippen molar-refractivity contribution in [2.45, 2.75) is 32.7 Å². The molecule has 0 radical (unpaired) electrons. The van der Waals surface area contributed by atoms with Crippen LogP contribution in [0.5, 0.6) is 0 Å². The highest BCUT2D eigenvalue weighted by atomic mass is 16.5. The first-order chi connectivity index (χ1) is 9.13. The summed E-state index contributed by atoms with van der Waals surface area (Å²) in [5, 5.41) is 9.01. The van der Waals surface area contributed by atoms with Crippen molar-refractivity contribution >= 4 is 11.7 Å². The normalized spacial score (nSPS) is 10.7. The minimum Gasteiger partial charge on any atom is -0.477 e. The van der Waals surface area contributed by atoms with Gasteiger partial charge < -0.3 is 14.7 Å². The van der Waals surface area contributed by atoms with Gasteiger partial charge >= 0.3 is 5.97 Å². The topological polar surface area (TPSA) is 62.7 Å². The molecule has 19 heavy (non-hydrogen) atoms. The number of carbonyl (C=O) groups is 1. The van der Waals surface area contributed by atoms with Crippen LogP contribution in [0.25, 0.3) is 0 Å². The van der Waals surface area contributed by atoms with Gasteiger partial charge in [-0.1, -0.05) is 13.8 Å². The molecule has 0 amide bonds. The molecule has 1 heterocycles. The molecule has 1 aromatic rings. The molecule has 0 aromatic carbocycles. The molecule has 0 bridgehead atoms. The first-order valence-corrected chi connectivity index (χ1v) is 6.58. The summed E-state index contributed by atoms with van der Waals surface area (Å²) in [5.74, 6) is -1.00. The Morgan fingerprint density at radius 2 is 2.16 bits per heavy atom. The quantitative estimate of drug-likeness (QED) is 0.783. The van der Waals surface area contributed by atoms with E-state index in [2.05, 4.69) is 23.7 Å². The number of hydrogen-bond donors (Lipinski definition) is 1. The third-order valence-corrected chi connectivity index (χ3v) is 3.21. The van der Waals surface area contributed by atoms with Gasteiger partial charge in [-0.2, -0.15) is 0 Å². The number of aromatic nitrogens is 1. The van der Waals surface area contributed by atoms with E-state index in [4.69, 9.17) is 9.84 Å². The standard InChI is InChI=1S/C14H22N2O3/c1-4-11(5-2)16(8-9-19-3)12-6-7-15-13(10-12)14(17)18/h6-7,10-11H,4-5,8-9H2,1-3H3,(H,17,18). The van der Waals surface area contributed by atoms with E-state index in [9.17, 15) is 4.79 Å². The molecule has 0 spiro atoms. The number of anilines is 1. The summed E-state index contributed by atoms with van der Waals surface area (Å²) in [6.45, 7) is 5.62. The monoisotopic (exact) mass is 266 g/mol. The third-order valence-electron chi connectivity index (χ3n) is 3.21. The van der Waals surface area contributed by atoms with E-state index in [1.807, 2.05) is 6.07 Å². The van der Waals surface area contributed by atoms with Crippen molar-refractivity contribution < 1.29 is 14.6 Å². The van der Waals surface area contributed by atoms with E-state index >= 15 is 0 Å². The highest BCUT2D eigenvalue weighted by molar-refractivity contribution is 5.86. The highest BCUT2D eigenvalue weighted by Gasteiger charge is 2.17. The van der Waals surface area contributed by atoms with Crippen LogP contribution in [0.2, 0.25) is 0 Å². The van der Waals surface area contributed by atoms with Crippen LogP contribution in [0.1, 0.15) is 37.2 Å². The Hall–Kier alpha value is -1.62. The molecule has 0 aliphatic carbocycles. The van der Waals surface area contributed by atoms with Gasteiger partial charge in [-0.3, -0.25) is 0 Å². The molecule has 1 aromatic heterocycles. The summed E-state index contributed by atoms with van der Waals surface area (Å²) in [6, 6.07) is 3.84. The second-order valence-corrected chi connectivity index (χ2v) is 4.36. The van der Waals surface area contributed by atoms with Crippen molar-refractivity contribution in [2.24, 2.45) is 0 Å². The Morgan fingerprint density at radius 3 is 2.68 bits per heavy atom. The van der Waals surface area contributed by atoms with Crippen molar-refractivity contribution in [1.82, 2.24) is 4.98 Å². The second-order valence-electron chi connectivity index (χ2n) is 4.36. The molecule has 0 aliphatic rings. The molecule has 106 valence electrons. The van der Waals surface area contributed by atoms with Crippen LogP contribution < -0.4 is 4.90 Å². The molecular formula is C14H22N2O3. The van der Waals surface area contributed by atoms with Gasteiger partial charge in [0.05, 0.1) is 6.61 Å². The number of rotatable bonds is 8. The lowest BCUT2D eigenvalue weighted by Gasteiger charge is -2.32. The van der Waals surface area contributed by atoms with Crippen molar-refractivity contribution in [2.75, 3.05) is 25.2 Å². The fourth-order valence-electron chi connectivity index (χ4n) is 2.16. The number of carboxylic acid groups (broad SMARTS) is 1.